The third-order valence-electron chi connectivity index (χ3n) is 2.14. The highest BCUT2D eigenvalue weighted by atomic mass is 79.9. The maximum atomic E-state index is 3.45. The first-order valence-electron chi connectivity index (χ1n) is 5.46. The fraction of sp³-hybridized carbons (Fsp3) is 0.833. The van der Waals surface area contributed by atoms with Gasteiger partial charge in [-0.05, 0) is 33.1 Å². The monoisotopic (exact) mass is 246 g/mol. The highest BCUT2D eigenvalue weighted by Gasteiger charge is 1.89. The van der Waals surface area contributed by atoms with E-state index in [2.05, 4.69) is 35.9 Å². The molecule has 0 nitrogen and oxygen atoms in total. The van der Waals surface area contributed by atoms with Gasteiger partial charge in [-0.2, -0.15) is 0 Å². The van der Waals surface area contributed by atoms with Crippen molar-refractivity contribution in [2.75, 3.05) is 5.33 Å². The van der Waals surface area contributed by atoms with Crippen LogP contribution in [-0.2, 0) is 0 Å². The van der Waals surface area contributed by atoms with E-state index in [1.165, 1.54) is 55.8 Å². The zero-order chi connectivity index (χ0) is 9.94. The van der Waals surface area contributed by atoms with Crippen molar-refractivity contribution in [3.05, 3.63) is 11.6 Å². The molecule has 0 bridgehead atoms. The van der Waals surface area contributed by atoms with Gasteiger partial charge in [0.2, 0.25) is 0 Å². The predicted molar refractivity (Wildman–Crippen MR) is 65.5 cm³/mol. The zero-order valence-electron chi connectivity index (χ0n) is 9.11. The van der Waals surface area contributed by atoms with Gasteiger partial charge < -0.3 is 0 Å². The predicted octanol–water partition coefficient (Wildman–Crippen LogP) is 5.08. The van der Waals surface area contributed by atoms with Crippen LogP contribution in [-0.4, -0.2) is 5.33 Å². The molecule has 0 atom stereocenters. The van der Waals surface area contributed by atoms with Gasteiger partial charge in [-0.3, -0.25) is 0 Å². The van der Waals surface area contributed by atoms with Gasteiger partial charge in [0, 0.05) is 5.33 Å². The summed E-state index contributed by atoms with van der Waals surface area (Å²) < 4.78 is 0. The number of hydrogen-bond donors (Lipinski definition) is 0. The van der Waals surface area contributed by atoms with Gasteiger partial charge in [0.05, 0.1) is 0 Å². The number of hydrogen-bond acceptors (Lipinski definition) is 0. The van der Waals surface area contributed by atoms with E-state index in [4.69, 9.17) is 0 Å². The summed E-state index contributed by atoms with van der Waals surface area (Å²) in [5, 5.41) is 1.17. The summed E-state index contributed by atoms with van der Waals surface area (Å²) >= 11 is 3.45. The SMILES string of the molecule is CC(C)=CCCCCCCCCBr. The molecule has 0 saturated heterocycles. The van der Waals surface area contributed by atoms with Gasteiger partial charge in [-0.25, -0.2) is 0 Å². The Morgan fingerprint density at radius 1 is 0.923 bits per heavy atom. The molecule has 0 aromatic carbocycles. The van der Waals surface area contributed by atoms with Gasteiger partial charge in [0.1, 0.15) is 0 Å². The molecular formula is C12H23Br. The first-order chi connectivity index (χ1) is 6.27. The quantitative estimate of drug-likeness (QED) is 0.319. The van der Waals surface area contributed by atoms with E-state index in [0.717, 1.165) is 0 Å². The fourth-order valence-corrected chi connectivity index (χ4v) is 1.73. The minimum atomic E-state index is 1.17. The highest BCUT2D eigenvalue weighted by Crippen LogP contribution is 2.08. The van der Waals surface area contributed by atoms with Crippen molar-refractivity contribution in [1.82, 2.24) is 0 Å². The van der Waals surface area contributed by atoms with E-state index in [9.17, 15) is 0 Å². The summed E-state index contributed by atoms with van der Waals surface area (Å²) in [6.07, 6.45) is 12.0. The zero-order valence-corrected chi connectivity index (χ0v) is 10.7. The largest absolute Gasteiger partial charge is 0.0928 e. The molecule has 0 aromatic rings. The molecule has 0 N–H and O–H groups in total. The topological polar surface area (TPSA) is 0 Å². The van der Waals surface area contributed by atoms with Crippen molar-refractivity contribution in [2.45, 2.75) is 58.8 Å². The highest BCUT2D eigenvalue weighted by molar-refractivity contribution is 9.09. The fourth-order valence-electron chi connectivity index (χ4n) is 1.34. The van der Waals surface area contributed by atoms with Crippen molar-refractivity contribution < 1.29 is 0 Å². The Morgan fingerprint density at radius 3 is 2.00 bits per heavy atom. The Bertz CT molecular complexity index is 123. The first kappa shape index (κ1) is 13.2. The van der Waals surface area contributed by atoms with E-state index < -0.39 is 0 Å². The Labute approximate surface area is 91.9 Å². The van der Waals surface area contributed by atoms with Crippen LogP contribution in [0.1, 0.15) is 58.8 Å². The molecule has 0 fully saturated rings. The summed E-state index contributed by atoms with van der Waals surface area (Å²) in [5.74, 6) is 0. The molecule has 0 rings (SSSR count). The van der Waals surface area contributed by atoms with Gasteiger partial charge >= 0.3 is 0 Å². The van der Waals surface area contributed by atoms with Gasteiger partial charge in [-0.1, -0.05) is 53.3 Å². The lowest BCUT2D eigenvalue weighted by Crippen LogP contribution is -1.80. The molecule has 0 aliphatic carbocycles. The third-order valence-corrected chi connectivity index (χ3v) is 2.70. The molecule has 1 heteroatoms. The second-order valence-corrected chi connectivity index (χ2v) is 4.67. The summed E-state index contributed by atoms with van der Waals surface area (Å²) in [4.78, 5) is 0. The van der Waals surface area contributed by atoms with E-state index in [1.807, 2.05) is 0 Å². The van der Waals surface area contributed by atoms with Crippen LogP contribution in [0, 0.1) is 0 Å². The smallest absolute Gasteiger partial charge is 0.00313 e. The molecule has 0 radical (unpaired) electrons. The van der Waals surface area contributed by atoms with E-state index in [-0.39, 0.29) is 0 Å². The second kappa shape index (κ2) is 10.3. The van der Waals surface area contributed by atoms with Crippen LogP contribution in [0.25, 0.3) is 0 Å². The molecule has 0 amide bonds. The molecule has 0 spiro atoms. The number of rotatable bonds is 8. The first-order valence-corrected chi connectivity index (χ1v) is 6.59. The lowest BCUT2D eigenvalue weighted by Gasteiger charge is -1.98. The molecule has 0 saturated carbocycles. The molecule has 0 heterocycles. The number of allylic oxidation sites excluding steroid dienone is 2. The van der Waals surface area contributed by atoms with Gasteiger partial charge in [0.25, 0.3) is 0 Å². The minimum absolute atomic E-state index is 1.17. The maximum absolute atomic E-state index is 3.45. The van der Waals surface area contributed by atoms with Crippen molar-refractivity contribution in [3.63, 3.8) is 0 Å². The van der Waals surface area contributed by atoms with Crippen LogP contribution in [0.5, 0.6) is 0 Å². The summed E-state index contributed by atoms with van der Waals surface area (Å²) in [5.41, 5.74) is 1.46. The van der Waals surface area contributed by atoms with Crippen molar-refractivity contribution >= 4 is 15.9 Å². The Hall–Kier alpha value is 0.220. The third kappa shape index (κ3) is 12.2. The molecular weight excluding hydrogens is 224 g/mol. The van der Waals surface area contributed by atoms with E-state index in [1.54, 1.807) is 0 Å². The normalized spacial score (nSPS) is 10.1. The van der Waals surface area contributed by atoms with Crippen LogP contribution < -0.4 is 0 Å². The second-order valence-electron chi connectivity index (χ2n) is 3.88. The van der Waals surface area contributed by atoms with E-state index in [0.29, 0.717) is 0 Å². The number of halogens is 1. The van der Waals surface area contributed by atoms with Gasteiger partial charge in [0.15, 0.2) is 0 Å². The molecule has 0 aliphatic rings. The average Bonchev–Trinajstić information content (AvgIpc) is 2.09. The lowest BCUT2D eigenvalue weighted by atomic mass is 10.1. The van der Waals surface area contributed by atoms with Crippen molar-refractivity contribution in [2.24, 2.45) is 0 Å². The summed E-state index contributed by atoms with van der Waals surface area (Å²) in [6.45, 7) is 4.35. The molecule has 78 valence electrons. The van der Waals surface area contributed by atoms with Crippen LogP contribution in [0.3, 0.4) is 0 Å². The van der Waals surface area contributed by atoms with E-state index >= 15 is 0 Å². The average molecular weight is 247 g/mol. The van der Waals surface area contributed by atoms with Crippen LogP contribution in [0.4, 0.5) is 0 Å². The summed E-state index contributed by atoms with van der Waals surface area (Å²) in [6, 6.07) is 0. The standard InChI is InChI=1S/C12H23Br/c1-12(2)10-8-6-4-3-5-7-9-11-13/h10H,3-9,11H2,1-2H3. The maximum Gasteiger partial charge on any atom is 0.00313 e. The Balaban J connectivity index is 2.96. The number of unbranched alkanes of at least 4 members (excludes halogenated alkanes) is 6. The van der Waals surface area contributed by atoms with Crippen molar-refractivity contribution in [3.8, 4) is 0 Å². The molecule has 0 aliphatic heterocycles. The van der Waals surface area contributed by atoms with Crippen molar-refractivity contribution in [1.29, 1.82) is 0 Å². The van der Waals surface area contributed by atoms with Crippen LogP contribution in [0.15, 0.2) is 11.6 Å². The Morgan fingerprint density at radius 2 is 1.46 bits per heavy atom. The van der Waals surface area contributed by atoms with Gasteiger partial charge in [-0.15, -0.1) is 0 Å². The minimum Gasteiger partial charge on any atom is -0.0928 e. The molecule has 13 heavy (non-hydrogen) atoms. The van der Waals surface area contributed by atoms with Crippen LogP contribution >= 0.6 is 15.9 Å². The molecule has 0 unspecified atom stereocenters. The lowest BCUT2D eigenvalue weighted by molar-refractivity contribution is 0.613. The van der Waals surface area contributed by atoms with Crippen LogP contribution in [0.2, 0.25) is 0 Å². The molecule has 0 aromatic heterocycles. The number of alkyl halides is 1. The summed E-state index contributed by atoms with van der Waals surface area (Å²) in [7, 11) is 0. The Kier molecular flexibility index (Phi) is 10.5.